The summed E-state index contributed by atoms with van der Waals surface area (Å²) in [5.74, 6) is 0.308. The summed E-state index contributed by atoms with van der Waals surface area (Å²) >= 11 is 6.18. The van der Waals surface area contributed by atoms with E-state index in [0.717, 1.165) is 10.6 Å². The lowest BCUT2D eigenvalue weighted by molar-refractivity contribution is 1.28. The third-order valence-electron chi connectivity index (χ3n) is 1.47. The van der Waals surface area contributed by atoms with Crippen molar-refractivity contribution in [3.8, 4) is 10.6 Å². The zero-order valence-electron chi connectivity index (χ0n) is 6.52. The number of pyridine rings is 1. The van der Waals surface area contributed by atoms with Crippen LogP contribution >= 0.6 is 23.8 Å². The molecule has 0 aliphatic heterocycles. The number of nitrogens with two attached hydrogens (primary N) is 1. The van der Waals surface area contributed by atoms with E-state index >= 15 is 0 Å². The normalized spacial score (nSPS) is 10.2. The van der Waals surface area contributed by atoms with E-state index < -0.39 is 0 Å². The van der Waals surface area contributed by atoms with E-state index in [-0.39, 0.29) is 0 Å². The molecular formula is C7H6N4S2. The summed E-state index contributed by atoms with van der Waals surface area (Å²) < 4.78 is 4.58. The van der Waals surface area contributed by atoms with Crippen LogP contribution in [-0.4, -0.2) is 14.3 Å². The number of hydrogen-bond acceptors (Lipinski definition) is 5. The maximum Gasteiger partial charge on any atom is 0.232 e. The Morgan fingerprint density at radius 3 is 2.85 bits per heavy atom. The van der Waals surface area contributed by atoms with Gasteiger partial charge in [0.05, 0.1) is 0 Å². The van der Waals surface area contributed by atoms with Gasteiger partial charge in [-0.3, -0.25) is 0 Å². The Hall–Kier alpha value is -1.27. The van der Waals surface area contributed by atoms with Crippen LogP contribution in [0.5, 0.6) is 0 Å². The highest BCUT2D eigenvalue weighted by Gasteiger charge is 2.02. The monoisotopic (exact) mass is 210 g/mol. The Morgan fingerprint density at radius 1 is 1.46 bits per heavy atom. The number of nitrogen functional groups attached to an aromatic ring is 1. The smallest absolute Gasteiger partial charge is 0.232 e. The number of anilines is 1. The van der Waals surface area contributed by atoms with Crippen molar-refractivity contribution in [2.24, 2.45) is 0 Å². The SMILES string of the molecule is Nc1nsc(-c2ccc(=S)[nH]c2)n1. The predicted octanol–water partition coefficient (Wildman–Crippen LogP) is 1.84. The fourth-order valence-electron chi connectivity index (χ4n) is 0.896. The molecule has 2 aromatic heterocycles. The average molecular weight is 210 g/mol. The van der Waals surface area contributed by atoms with E-state index in [1.165, 1.54) is 11.5 Å². The highest BCUT2D eigenvalue weighted by molar-refractivity contribution is 7.71. The molecular weight excluding hydrogens is 204 g/mol. The van der Waals surface area contributed by atoms with Crippen LogP contribution in [0.2, 0.25) is 0 Å². The third kappa shape index (κ3) is 1.73. The summed E-state index contributed by atoms with van der Waals surface area (Å²) in [6, 6.07) is 3.70. The van der Waals surface area contributed by atoms with E-state index in [1.54, 1.807) is 6.20 Å². The summed E-state index contributed by atoms with van der Waals surface area (Å²) in [6.45, 7) is 0. The van der Waals surface area contributed by atoms with Gasteiger partial charge in [0.1, 0.15) is 9.65 Å². The fraction of sp³-hybridized carbons (Fsp3) is 0. The van der Waals surface area contributed by atoms with Gasteiger partial charge in [0.15, 0.2) is 0 Å². The van der Waals surface area contributed by atoms with Gasteiger partial charge in [-0.25, -0.2) is 0 Å². The molecule has 66 valence electrons. The number of aromatic amines is 1. The second kappa shape index (κ2) is 3.23. The van der Waals surface area contributed by atoms with Gasteiger partial charge in [0.2, 0.25) is 5.95 Å². The third-order valence-corrected chi connectivity index (χ3v) is 2.51. The lowest BCUT2D eigenvalue weighted by Gasteiger charge is -1.92. The molecule has 0 aromatic carbocycles. The number of H-pyrrole nitrogens is 1. The number of rotatable bonds is 1. The lowest BCUT2D eigenvalue weighted by Crippen LogP contribution is -1.85. The minimum Gasteiger partial charge on any atom is -0.367 e. The fourth-order valence-corrected chi connectivity index (χ4v) is 1.61. The Morgan fingerprint density at radius 2 is 2.31 bits per heavy atom. The highest BCUT2D eigenvalue weighted by atomic mass is 32.1. The van der Waals surface area contributed by atoms with Crippen LogP contribution in [0.4, 0.5) is 5.95 Å². The summed E-state index contributed by atoms with van der Waals surface area (Å²) in [5, 5.41) is 0.795. The van der Waals surface area contributed by atoms with Crippen LogP contribution in [0.25, 0.3) is 10.6 Å². The topological polar surface area (TPSA) is 67.6 Å². The maximum absolute atomic E-state index is 5.40. The van der Waals surface area contributed by atoms with Crippen LogP contribution < -0.4 is 5.73 Å². The zero-order chi connectivity index (χ0) is 9.26. The predicted molar refractivity (Wildman–Crippen MR) is 54.9 cm³/mol. The molecule has 0 saturated heterocycles. The van der Waals surface area contributed by atoms with Crippen LogP contribution in [-0.2, 0) is 0 Å². The molecule has 0 aliphatic carbocycles. The first kappa shape index (κ1) is 8.33. The Kier molecular flexibility index (Phi) is 2.07. The second-order valence-corrected chi connectivity index (χ2v) is 3.59. The van der Waals surface area contributed by atoms with E-state index in [4.69, 9.17) is 18.0 Å². The molecule has 0 unspecified atom stereocenters. The number of aromatic nitrogens is 3. The molecule has 0 aliphatic rings. The minimum absolute atomic E-state index is 0.308. The Balaban J connectivity index is 2.47. The van der Waals surface area contributed by atoms with Crippen LogP contribution in [0.3, 0.4) is 0 Å². The van der Waals surface area contributed by atoms with Crippen LogP contribution in [0.1, 0.15) is 0 Å². The molecule has 0 saturated carbocycles. The van der Waals surface area contributed by atoms with Gasteiger partial charge in [-0.15, -0.1) is 0 Å². The van der Waals surface area contributed by atoms with Crippen LogP contribution in [0, 0.1) is 4.64 Å². The molecule has 4 nitrogen and oxygen atoms in total. The van der Waals surface area contributed by atoms with Crippen molar-refractivity contribution < 1.29 is 0 Å². The quantitative estimate of drug-likeness (QED) is 0.705. The molecule has 13 heavy (non-hydrogen) atoms. The summed E-state index contributed by atoms with van der Waals surface area (Å²) in [6.07, 6.45) is 1.79. The maximum atomic E-state index is 5.40. The summed E-state index contributed by atoms with van der Waals surface area (Å²) in [4.78, 5) is 6.96. The Labute approximate surface area is 83.6 Å². The summed E-state index contributed by atoms with van der Waals surface area (Å²) in [5.41, 5.74) is 6.35. The largest absolute Gasteiger partial charge is 0.367 e. The van der Waals surface area contributed by atoms with Gasteiger partial charge >= 0.3 is 0 Å². The second-order valence-electron chi connectivity index (χ2n) is 2.40. The van der Waals surface area contributed by atoms with Gasteiger partial charge < -0.3 is 10.7 Å². The molecule has 6 heteroatoms. The molecule has 0 bridgehead atoms. The van der Waals surface area contributed by atoms with Crippen molar-refractivity contribution in [1.29, 1.82) is 0 Å². The van der Waals surface area contributed by atoms with Gasteiger partial charge in [-0.1, -0.05) is 12.2 Å². The van der Waals surface area contributed by atoms with E-state index in [9.17, 15) is 0 Å². The Bertz CT molecular complexity index is 453. The van der Waals surface area contributed by atoms with Crippen molar-refractivity contribution in [2.75, 3.05) is 5.73 Å². The van der Waals surface area contributed by atoms with Gasteiger partial charge in [-0.2, -0.15) is 9.36 Å². The van der Waals surface area contributed by atoms with E-state index in [2.05, 4.69) is 14.3 Å². The molecule has 0 amide bonds. The minimum atomic E-state index is 0.308. The van der Waals surface area contributed by atoms with Gasteiger partial charge in [0, 0.05) is 11.8 Å². The van der Waals surface area contributed by atoms with Crippen molar-refractivity contribution in [2.45, 2.75) is 0 Å². The first-order chi connectivity index (χ1) is 6.25. The van der Waals surface area contributed by atoms with E-state index in [0.29, 0.717) is 10.6 Å². The number of nitrogens with zero attached hydrogens (tertiary/aromatic N) is 2. The zero-order valence-corrected chi connectivity index (χ0v) is 8.15. The van der Waals surface area contributed by atoms with Crippen LogP contribution in [0.15, 0.2) is 18.3 Å². The van der Waals surface area contributed by atoms with Crippen molar-refractivity contribution in [3.05, 3.63) is 23.0 Å². The highest BCUT2D eigenvalue weighted by Crippen LogP contribution is 2.20. The molecule has 0 atom stereocenters. The van der Waals surface area contributed by atoms with E-state index in [1.807, 2.05) is 12.1 Å². The molecule has 2 aromatic rings. The molecule has 0 fully saturated rings. The molecule has 2 rings (SSSR count). The molecule has 0 radical (unpaired) electrons. The standard InChI is InChI=1S/C7H6N4S2/c8-7-10-6(13-11-7)4-1-2-5(12)9-3-4/h1-3H,(H2,8,11)(H,9,12). The number of nitrogens with one attached hydrogen (secondary N) is 1. The van der Waals surface area contributed by atoms with Gasteiger partial charge in [-0.05, 0) is 23.7 Å². The first-order valence-electron chi connectivity index (χ1n) is 3.54. The van der Waals surface area contributed by atoms with Crippen molar-refractivity contribution >= 4 is 29.7 Å². The van der Waals surface area contributed by atoms with Crippen molar-refractivity contribution in [3.63, 3.8) is 0 Å². The molecule has 0 spiro atoms. The molecule has 3 N–H and O–H groups in total. The number of hydrogen-bond donors (Lipinski definition) is 2. The molecule has 2 heterocycles. The van der Waals surface area contributed by atoms with Crippen molar-refractivity contribution in [1.82, 2.24) is 14.3 Å². The first-order valence-corrected chi connectivity index (χ1v) is 4.72. The summed E-state index contributed by atoms with van der Waals surface area (Å²) in [7, 11) is 0. The van der Waals surface area contributed by atoms with Gasteiger partial charge in [0.25, 0.3) is 0 Å². The average Bonchev–Trinajstić information content (AvgIpc) is 2.53. The lowest BCUT2D eigenvalue weighted by atomic mass is 10.3.